The zero-order chi connectivity index (χ0) is 19.6. The summed E-state index contributed by atoms with van der Waals surface area (Å²) in [5.74, 6) is -2.07. The van der Waals surface area contributed by atoms with Crippen LogP contribution in [-0.4, -0.2) is 46.1 Å². The monoisotopic (exact) mass is 371 g/mol. The molecule has 144 valence electrons. The number of hydrogen-bond donors (Lipinski definition) is 1. The van der Waals surface area contributed by atoms with E-state index in [4.69, 9.17) is 0 Å². The molecule has 5 amide bonds. The van der Waals surface area contributed by atoms with Gasteiger partial charge >= 0.3 is 17.8 Å². The Bertz CT molecular complexity index is 741. The van der Waals surface area contributed by atoms with Gasteiger partial charge in [-0.15, -0.1) is 0 Å². The number of carbonyl (C=O) groups is 4. The molecule has 1 aromatic rings. The highest BCUT2D eigenvalue weighted by Crippen LogP contribution is 2.28. The number of hydrogen-bond acceptors (Lipinski definition) is 4. The molecule has 0 aromatic heterocycles. The number of amides is 5. The Balaban J connectivity index is 1.68. The standard InChI is InChI=1S/C20H25N3O4/c1-13(2)17(14-8-4-3-5-9-14)21-16(24)12-22-18(25)19(26)23(20(22)27)15-10-6-7-11-15/h3-5,8-9,13,15,17H,6-7,10-12H2,1-2H3,(H,21,24)/t17-/m1/s1. The fourth-order valence-corrected chi connectivity index (χ4v) is 3.80. The fraction of sp³-hybridized carbons (Fsp3) is 0.500. The lowest BCUT2D eigenvalue weighted by atomic mass is 9.96. The van der Waals surface area contributed by atoms with E-state index < -0.39 is 30.3 Å². The molecule has 2 fully saturated rings. The predicted molar refractivity (Wildman–Crippen MR) is 98.4 cm³/mol. The third kappa shape index (κ3) is 3.86. The normalized spacial score (nSPS) is 19.3. The maximum absolute atomic E-state index is 12.6. The van der Waals surface area contributed by atoms with Crippen LogP contribution in [0.3, 0.4) is 0 Å². The molecule has 0 radical (unpaired) electrons. The summed E-state index contributed by atoms with van der Waals surface area (Å²) in [6, 6.07) is 8.37. The number of rotatable bonds is 6. The van der Waals surface area contributed by atoms with Crippen molar-refractivity contribution in [3.8, 4) is 0 Å². The van der Waals surface area contributed by atoms with Gasteiger partial charge in [0.1, 0.15) is 6.54 Å². The maximum atomic E-state index is 12.6. The highest BCUT2D eigenvalue weighted by Gasteiger charge is 2.48. The number of nitrogens with one attached hydrogen (secondary N) is 1. The van der Waals surface area contributed by atoms with E-state index in [0.717, 1.165) is 28.2 Å². The van der Waals surface area contributed by atoms with Crippen LogP contribution < -0.4 is 5.32 Å². The molecule has 7 nitrogen and oxygen atoms in total. The Morgan fingerprint density at radius 1 is 1.07 bits per heavy atom. The lowest BCUT2D eigenvalue weighted by molar-refractivity contribution is -0.144. The zero-order valence-corrected chi connectivity index (χ0v) is 15.7. The van der Waals surface area contributed by atoms with Crippen molar-refractivity contribution in [2.45, 2.75) is 51.6 Å². The van der Waals surface area contributed by atoms with E-state index in [2.05, 4.69) is 5.32 Å². The van der Waals surface area contributed by atoms with Crippen molar-refractivity contribution in [2.24, 2.45) is 5.92 Å². The summed E-state index contributed by atoms with van der Waals surface area (Å²) >= 11 is 0. The van der Waals surface area contributed by atoms with Crippen LogP contribution in [0.5, 0.6) is 0 Å². The molecule has 1 heterocycles. The first-order chi connectivity index (χ1) is 12.9. The Morgan fingerprint density at radius 3 is 2.30 bits per heavy atom. The van der Waals surface area contributed by atoms with Crippen molar-refractivity contribution >= 4 is 23.8 Å². The van der Waals surface area contributed by atoms with Crippen molar-refractivity contribution in [1.29, 1.82) is 0 Å². The molecule has 7 heteroatoms. The highest BCUT2D eigenvalue weighted by molar-refractivity contribution is 6.45. The summed E-state index contributed by atoms with van der Waals surface area (Å²) in [4.78, 5) is 51.4. The molecular formula is C20H25N3O4. The van der Waals surface area contributed by atoms with Gasteiger partial charge in [-0.2, -0.15) is 0 Å². The molecule has 2 aliphatic rings. The van der Waals surface area contributed by atoms with Crippen LogP contribution >= 0.6 is 0 Å². The van der Waals surface area contributed by atoms with Gasteiger partial charge in [0, 0.05) is 6.04 Å². The number of nitrogens with zero attached hydrogens (tertiary/aromatic N) is 2. The molecule has 0 unspecified atom stereocenters. The van der Waals surface area contributed by atoms with Crippen LogP contribution in [0.2, 0.25) is 0 Å². The SMILES string of the molecule is CC(C)[C@@H](NC(=O)CN1C(=O)C(=O)N(C2CCCC2)C1=O)c1ccccc1. The van der Waals surface area contributed by atoms with Crippen LogP contribution in [0.25, 0.3) is 0 Å². The van der Waals surface area contributed by atoms with Crippen LogP contribution in [0.15, 0.2) is 30.3 Å². The Morgan fingerprint density at radius 2 is 1.70 bits per heavy atom. The van der Waals surface area contributed by atoms with E-state index in [1.165, 1.54) is 0 Å². The van der Waals surface area contributed by atoms with Gasteiger partial charge in [0.15, 0.2) is 0 Å². The predicted octanol–water partition coefficient (Wildman–Crippen LogP) is 2.23. The second kappa shape index (κ2) is 7.90. The minimum absolute atomic E-state index is 0.123. The summed E-state index contributed by atoms with van der Waals surface area (Å²) in [5, 5.41) is 2.89. The number of urea groups is 1. The quantitative estimate of drug-likeness (QED) is 0.614. The largest absolute Gasteiger partial charge is 0.347 e. The summed E-state index contributed by atoms with van der Waals surface area (Å²) in [5.41, 5.74) is 0.948. The average Bonchev–Trinajstić information content (AvgIpc) is 3.24. The van der Waals surface area contributed by atoms with Crippen molar-refractivity contribution in [1.82, 2.24) is 15.1 Å². The van der Waals surface area contributed by atoms with E-state index in [0.29, 0.717) is 12.8 Å². The summed E-state index contributed by atoms with van der Waals surface area (Å²) < 4.78 is 0. The number of imide groups is 2. The lowest BCUT2D eigenvalue weighted by Gasteiger charge is -2.24. The third-order valence-electron chi connectivity index (χ3n) is 5.22. The first-order valence-electron chi connectivity index (χ1n) is 9.43. The van der Waals surface area contributed by atoms with E-state index in [1.54, 1.807) is 0 Å². The second-order valence-electron chi connectivity index (χ2n) is 7.49. The molecule has 3 rings (SSSR count). The van der Waals surface area contributed by atoms with Crippen molar-refractivity contribution in [3.63, 3.8) is 0 Å². The Kier molecular flexibility index (Phi) is 5.58. The number of benzene rings is 1. The summed E-state index contributed by atoms with van der Waals surface area (Å²) in [6.45, 7) is 3.52. The first kappa shape index (κ1) is 19.1. The molecule has 1 aliphatic heterocycles. The third-order valence-corrected chi connectivity index (χ3v) is 5.22. The molecule has 1 saturated carbocycles. The maximum Gasteiger partial charge on any atom is 0.334 e. The second-order valence-corrected chi connectivity index (χ2v) is 7.49. The molecule has 1 aliphatic carbocycles. The van der Waals surface area contributed by atoms with E-state index in [1.807, 2.05) is 44.2 Å². The Labute approximate surface area is 158 Å². The fourth-order valence-electron chi connectivity index (χ4n) is 3.80. The van der Waals surface area contributed by atoms with Crippen LogP contribution in [0.4, 0.5) is 4.79 Å². The van der Waals surface area contributed by atoms with Crippen molar-refractivity contribution in [3.05, 3.63) is 35.9 Å². The topological polar surface area (TPSA) is 86.8 Å². The zero-order valence-electron chi connectivity index (χ0n) is 15.7. The van der Waals surface area contributed by atoms with Gasteiger partial charge in [0.05, 0.1) is 6.04 Å². The number of carbonyl (C=O) groups excluding carboxylic acids is 4. The molecule has 27 heavy (non-hydrogen) atoms. The molecule has 0 bridgehead atoms. The molecule has 1 saturated heterocycles. The summed E-state index contributed by atoms with van der Waals surface area (Å²) in [6.07, 6.45) is 3.30. The Hall–Kier alpha value is -2.70. The minimum Gasteiger partial charge on any atom is -0.347 e. The van der Waals surface area contributed by atoms with Gasteiger partial charge in [-0.05, 0) is 24.3 Å². The lowest BCUT2D eigenvalue weighted by Crippen LogP contribution is -2.44. The van der Waals surface area contributed by atoms with E-state index in [-0.39, 0.29) is 18.0 Å². The van der Waals surface area contributed by atoms with Crippen molar-refractivity contribution < 1.29 is 19.2 Å². The molecule has 1 N–H and O–H groups in total. The molecule has 1 aromatic carbocycles. The van der Waals surface area contributed by atoms with E-state index >= 15 is 0 Å². The molecule has 0 spiro atoms. The highest BCUT2D eigenvalue weighted by atomic mass is 16.2. The summed E-state index contributed by atoms with van der Waals surface area (Å²) in [7, 11) is 0. The van der Waals surface area contributed by atoms with Crippen LogP contribution in [0.1, 0.15) is 51.1 Å². The average molecular weight is 371 g/mol. The van der Waals surface area contributed by atoms with Crippen molar-refractivity contribution in [2.75, 3.05) is 6.54 Å². The van der Waals surface area contributed by atoms with Gasteiger partial charge in [-0.1, -0.05) is 57.0 Å². The molecule has 1 atom stereocenters. The van der Waals surface area contributed by atoms with Crippen LogP contribution in [0, 0.1) is 5.92 Å². The van der Waals surface area contributed by atoms with Gasteiger partial charge in [0.2, 0.25) is 5.91 Å². The first-order valence-corrected chi connectivity index (χ1v) is 9.43. The minimum atomic E-state index is -0.914. The van der Waals surface area contributed by atoms with Crippen LogP contribution in [-0.2, 0) is 14.4 Å². The van der Waals surface area contributed by atoms with E-state index in [9.17, 15) is 19.2 Å². The van der Waals surface area contributed by atoms with Gasteiger partial charge in [-0.3, -0.25) is 19.3 Å². The smallest absolute Gasteiger partial charge is 0.334 e. The van der Waals surface area contributed by atoms with Gasteiger partial charge < -0.3 is 5.32 Å². The van der Waals surface area contributed by atoms with Gasteiger partial charge in [0.25, 0.3) is 0 Å². The molecular weight excluding hydrogens is 346 g/mol. The van der Waals surface area contributed by atoms with Gasteiger partial charge in [-0.25, -0.2) is 9.69 Å².